The molecule has 1 rings (SSSR count). The van der Waals surface area contributed by atoms with E-state index < -0.39 is 12.3 Å². The van der Waals surface area contributed by atoms with Crippen LogP contribution < -0.4 is 4.74 Å². The van der Waals surface area contributed by atoms with Gasteiger partial charge in [-0.25, -0.2) is 0 Å². The van der Waals surface area contributed by atoms with Crippen LogP contribution in [0.15, 0.2) is 24.3 Å². The Kier molecular flexibility index (Phi) is 3.20. The Morgan fingerprint density at radius 2 is 1.93 bits per heavy atom. The van der Waals surface area contributed by atoms with Crippen LogP contribution in [0.1, 0.15) is 12.5 Å². The molecule has 0 aliphatic carbocycles. The van der Waals surface area contributed by atoms with E-state index in [1.165, 1.54) is 18.2 Å². The Balaban J connectivity index is 2.86. The lowest BCUT2D eigenvalue weighted by Crippen LogP contribution is -2.31. The molecule has 5 heteroatoms. The number of para-hydroxylation sites is 1. The lowest BCUT2D eigenvalue weighted by molar-refractivity contribution is -0.189. The molecule has 0 heterocycles. The van der Waals surface area contributed by atoms with E-state index >= 15 is 0 Å². The fourth-order valence-electron chi connectivity index (χ4n) is 0.919. The van der Waals surface area contributed by atoms with E-state index in [0.29, 0.717) is 0 Å². The summed E-state index contributed by atoms with van der Waals surface area (Å²) < 4.78 is 41.1. The van der Waals surface area contributed by atoms with Gasteiger partial charge in [-0.3, -0.25) is 0 Å². The Morgan fingerprint density at radius 1 is 1.33 bits per heavy atom. The van der Waals surface area contributed by atoms with Crippen LogP contribution in [0, 0.1) is 11.3 Å². The number of halogens is 3. The number of nitriles is 1. The largest absolute Gasteiger partial charge is 0.480 e. The highest BCUT2D eigenvalue weighted by molar-refractivity contribution is 5.42. The van der Waals surface area contributed by atoms with Crippen LogP contribution in [0.25, 0.3) is 0 Å². The van der Waals surface area contributed by atoms with Crippen molar-refractivity contribution in [2.45, 2.75) is 19.2 Å². The fraction of sp³-hybridized carbons (Fsp3) is 0.300. The molecule has 1 unspecified atom stereocenters. The number of ether oxygens (including phenoxy) is 1. The third kappa shape index (κ3) is 2.88. The molecule has 0 aliphatic rings. The van der Waals surface area contributed by atoms with Crippen LogP contribution >= 0.6 is 0 Å². The van der Waals surface area contributed by atoms with Crippen LogP contribution in [0.5, 0.6) is 5.75 Å². The number of benzene rings is 1. The van der Waals surface area contributed by atoms with Crippen molar-refractivity contribution in [3.05, 3.63) is 29.8 Å². The SMILES string of the molecule is CC(Oc1ccccc1C#N)C(F)(F)F. The summed E-state index contributed by atoms with van der Waals surface area (Å²) in [5, 5.41) is 8.62. The molecule has 0 aromatic heterocycles. The molecule has 0 spiro atoms. The summed E-state index contributed by atoms with van der Waals surface area (Å²) in [6.45, 7) is 0.897. The Bertz CT molecular complexity index is 381. The fourth-order valence-corrected chi connectivity index (χ4v) is 0.919. The minimum absolute atomic E-state index is 0.0511. The van der Waals surface area contributed by atoms with Crippen molar-refractivity contribution in [1.29, 1.82) is 5.26 Å². The maximum absolute atomic E-state index is 12.2. The van der Waals surface area contributed by atoms with E-state index in [1.807, 2.05) is 0 Å². The lowest BCUT2D eigenvalue weighted by atomic mass is 10.2. The first kappa shape index (κ1) is 11.4. The zero-order valence-electron chi connectivity index (χ0n) is 7.88. The Labute approximate surface area is 84.9 Å². The molecular weight excluding hydrogens is 207 g/mol. The molecule has 0 radical (unpaired) electrons. The van der Waals surface area contributed by atoms with Gasteiger partial charge in [-0.05, 0) is 19.1 Å². The molecule has 15 heavy (non-hydrogen) atoms. The molecule has 0 aliphatic heterocycles. The molecule has 2 nitrogen and oxygen atoms in total. The predicted octanol–water partition coefficient (Wildman–Crippen LogP) is 2.89. The second-order valence-electron chi connectivity index (χ2n) is 2.91. The van der Waals surface area contributed by atoms with Gasteiger partial charge in [0, 0.05) is 0 Å². The van der Waals surface area contributed by atoms with Crippen molar-refractivity contribution in [2.24, 2.45) is 0 Å². The van der Waals surface area contributed by atoms with Gasteiger partial charge in [-0.15, -0.1) is 0 Å². The molecule has 1 atom stereocenters. The lowest BCUT2D eigenvalue weighted by Gasteiger charge is -2.18. The standard InChI is InChI=1S/C10H8F3NO/c1-7(10(11,12)13)15-9-5-3-2-4-8(9)6-14/h2-5,7H,1H3. The van der Waals surface area contributed by atoms with Crippen LogP contribution in [0.2, 0.25) is 0 Å². The molecule has 0 fully saturated rings. The first-order valence-corrected chi connectivity index (χ1v) is 4.17. The van der Waals surface area contributed by atoms with E-state index in [-0.39, 0.29) is 11.3 Å². The summed E-state index contributed by atoms with van der Waals surface area (Å²) in [5.74, 6) is -0.0511. The molecule has 1 aromatic carbocycles. The van der Waals surface area contributed by atoms with Crippen molar-refractivity contribution < 1.29 is 17.9 Å². The van der Waals surface area contributed by atoms with Gasteiger partial charge in [-0.2, -0.15) is 18.4 Å². The summed E-state index contributed by atoms with van der Waals surface area (Å²) in [5.41, 5.74) is 0.0913. The second kappa shape index (κ2) is 4.22. The van der Waals surface area contributed by atoms with Crippen molar-refractivity contribution in [2.75, 3.05) is 0 Å². The summed E-state index contributed by atoms with van der Waals surface area (Å²) in [4.78, 5) is 0. The number of nitrogens with zero attached hydrogens (tertiary/aromatic N) is 1. The quantitative estimate of drug-likeness (QED) is 0.759. The number of hydrogen-bond acceptors (Lipinski definition) is 2. The minimum Gasteiger partial charge on any atom is -0.480 e. The van der Waals surface area contributed by atoms with Crippen LogP contribution in [-0.2, 0) is 0 Å². The van der Waals surface area contributed by atoms with Gasteiger partial charge in [0.05, 0.1) is 5.56 Å². The molecule has 0 amide bonds. The monoisotopic (exact) mass is 215 g/mol. The molecule has 0 saturated carbocycles. The van der Waals surface area contributed by atoms with Gasteiger partial charge < -0.3 is 4.74 Å². The van der Waals surface area contributed by atoms with E-state index in [9.17, 15) is 13.2 Å². The van der Waals surface area contributed by atoms with Crippen molar-refractivity contribution in [3.63, 3.8) is 0 Å². The normalized spacial score (nSPS) is 13.0. The molecule has 0 bridgehead atoms. The highest BCUT2D eigenvalue weighted by Gasteiger charge is 2.38. The number of alkyl halides is 3. The van der Waals surface area contributed by atoms with Crippen LogP contribution in [-0.4, -0.2) is 12.3 Å². The topological polar surface area (TPSA) is 33.0 Å². The third-order valence-corrected chi connectivity index (χ3v) is 1.77. The van der Waals surface area contributed by atoms with E-state index in [2.05, 4.69) is 4.74 Å². The van der Waals surface area contributed by atoms with E-state index in [4.69, 9.17) is 5.26 Å². The van der Waals surface area contributed by atoms with Gasteiger partial charge >= 0.3 is 6.18 Å². The summed E-state index contributed by atoms with van der Waals surface area (Å²) in [6.07, 6.45) is -6.35. The zero-order chi connectivity index (χ0) is 11.5. The highest BCUT2D eigenvalue weighted by Crippen LogP contribution is 2.26. The van der Waals surface area contributed by atoms with E-state index in [1.54, 1.807) is 12.1 Å². The minimum atomic E-state index is -4.43. The molecule has 80 valence electrons. The van der Waals surface area contributed by atoms with Crippen molar-refractivity contribution in [3.8, 4) is 11.8 Å². The van der Waals surface area contributed by atoms with Gasteiger partial charge in [0.1, 0.15) is 11.8 Å². The summed E-state index contributed by atoms with van der Waals surface area (Å²) in [7, 11) is 0. The molecule has 1 aromatic rings. The van der Waals surface area contributed by atoms with Gasteiger partial charge in [0.2, 0.25) is 0 Å². The van der Waals surface area contributed by atoms with E-state index in [0.717, 1.165) is 6.92 Å². The molecular formula is C10H8F3NO. The summed E-state index contributed by atoms with van der Waals surface area (Å²) in [6, 6.07) is 7.57. The average molecular weight is 215 g/mol. The Morgan fingerprint density at radius 3 is 2.47 bits per heavy atom. The second-order valence-corrected chi connectivity index (χ2v) is 2.91. The molecule has 0 saturated heterocycles. The first-order chi connectivity index (χ1) is 6.95. The predicted molar refractivity (Wildman–Crippen MR) is 47.3 cm³/mol. The van der Waals surface area contributed by atoms with Gasteiger partial charge in [0.25, 0.3) is 0 Å². The van der Waals surface area contributed by atoms with Crippen LogP contribution in [0.3, 0.4) is 0 Å². The van der Waals surface area contributed by atoms with Gasteiger partial charge in [-0.1, -0.05) is 12.1 Å². The number of hydrogen-bond donors (Lipinski definition) is 0. The highest BCUT2D eigenvalue weighted by atomic mass is 19.4. The van der Waals surface area contributed by atoms with Crippen molar-refractivity contribution in [1.82, 2.24) is 0 Å². The summed E-state index contributed by atoms with van der Waals surface area (Å²) >= 11 is 0. The zero-order valence-corrected chi connectivity index (χ0v) is 7.88. The van der Waals surface area contributed by atoms with Crippen LogP contribution in [0.4, 0.5) is 13.2 Å². The van der Waals surface area contributed by atoms with Crippen molar-refractivity contribution >= 4 is 0 Å². The smallest absolute Gasteiger partial charge is 0.425 e. The number of rotatable bonds is 2. The molecule has 0 N–H and O–H groups in total. The first-order valence-electron chi connectivity index (χ1n) is 4.17. The maximum Gasteiger partial charge on any atom is 0.425 e. The Hall–Kier alpha value is -1.70. The van der Waals surface area contributed by atoms with Gasteiger partial charge in [0.15, 0.2) is 6.10 Å². The maximum atomic E-state index is 12.2. The third-order valence-electron chi connectivity index (χ3n) is 1.77. The average Bonchev–Trinajstić information content (AvgIpc) is 2.17.